The van der Waals surface area contributed by atoms with Crippen molar-refractivity contribution in [1.29, 1.82) is 0 Å². The SMILES string of the molecule is CCCCc1cc(C2(c3ccc(C(C)C)c(CCCC)c3)c3cc(C)ccc3-c3ccc(C)cc32)ccc1C(C)C. The second-order valence-corrected chi connectivity index (χ2v) is 13.2. The van der Waals surface area contributed by atoms with Gasteiger partial charge in [-0.3, -0.25) is 0 Å². The minimum absolute atomic E-state index is 0.338. The van der Waals surface area contributed by atoms with Gasteiger partial charge < -0.3 is 0 Å². The van der Waals surface area contributed by atoms with E-state index in [0.29, 0.717) is 11.8 Å². The van der Waals surface area contributed by atoms with Crippen LogP contribution in [0, 0.1) is 13.8 Å². The lowest BCUT2D eigenvalue weighted by atomic mass is 9.66. The normalized spacial score (nSPS) is 13.6. The monoisotopic (exact) mass is 542 g/mol. The minimum atomic E-state index is -0.338. The quantitative estimate of drug-likeness (QED) is 0.165. The number of hydrogen-bond acceptors (Lipinski definition) is 0. The van der Waals surface area contributed by atoms with Crippen LogP contribution in [0.3, 0.4) is 0 Å². The summed E-state index contributed by atoms with van der Waals surface area (Å²) < 4.78 is 0. The first-order valence-electron chi connectivity index (χ1n) is 16.2. The average molecular weight is 543 g/mol. The Morgan fingerprint density at radius 3 is 1.32 bits per heavy atom. The van der Waals surface area contributed by atoms with Crippen molar-refractivity contribution in [3.63, 3.8) is 0 Å². The highest BCUT2D eigenvalue weighted by molar-refractivity contribution is 5.87. The summed E-state index contributed by atoms with van der Waals surface area (Å²) in [4.78, 5) is 0. The first-order valence-corrected chi connectivity index (χ1v) is 16.2. The Kier molecular flexibility index (Phi) is 8.60. The van der Waals surface area contributed by atoms with E-state index in [1.54, 1.807) is 0 Å². The van der Waals surface area contributed by atoms with E-state index in [-0.39, 0.29) is 5.41 Å². The second-order valence-electron chi connectivity index (χ2n) is 13.2. The fourth-order valence-electron chi connectivity index (χ4n) is 7.31. The Balaban J connectivity index is 1.90. The molecule has 0 nitrogen and oxygen atoms in total. The van der Waals surface area contributed by atoms with E-state index < -0.39 is 0 Å². The number of unbranched alkanes of at least 4 members (excludes halogenated alkanes) is 2. The maximum absolute atomic E-state index is 2.59. The van der Waals surface area contributed by atoms with E-state index in [0.717, 1.165) is 12.8 Å². The first-order chi connectivity index (χ1) is 19.7. The van der Waals surface area contributed by atoms with Gasteiger partial charge in [0.05, 0.1) is 5.41 Å². The van der Waals surface area contributed by atoms with E-state index in [2.05, 4.69) is 128 Å². The highest BCUT2D eigenvalue weighted by Gasteiger charge is 2.46. The molecule has 0 heterocycles. The highest BCUT2D eigenvalue weighted by atomic mass is 14.5. The van der Waals surface area contributed by atoms with Gasteiger partial charge in [-0.15, -0.1) is 0 Å². The second kappa shape index (κ2) is 12.0. The molecule has 214 valence electrons. The van der Waals surface area contributed by atoms with Crippen molar-refractivity contribution >= 4 is 0 Å². The van der Waals surface area contributed by atoms with Gasteiger partial charge in [0.2, 0.25) is 0 Å². The molecule has 0 unspecified atom stereocenters. The summed E-state index contributed by atoms with van der Waals surface area (Å²) in [6.45, 7) is 18.5. The van der Waals surface area contributed by atoms with Crippen molar-refractivity contribution in [2.45, 2.75) is 111 Å². The predicted molar refractivity (Wildman–Crippen MR) is 179 cm³/mol. The van der Waals surface area contributed by atoms with Gasteiger partial charge in [0.1, 0.15) is 0 Å². The standard InChI is InChI=1S/C41H50/c1-9-11-13-31-25-33(17-21-35(31)27(3)4)41(34-18-22-36(28(5)6)32(26-34)14-12-10-2)39-23-29(7)15-19-37(39)38-20-16-30(8)24-40(38)41/h15-28H,9-14H2,1-8H3. The summed E-state index contributed by atoms with van der Waals surface area (Å²) in [7, 11) is 0. The van der Waals surface area contributed by atoms with Crippen LogP contribution in [0.25, 0.3) is 11.1 Å². The number of aryl methyl sites for hydroxylation is 4. The number of hydrogen-bond donors (Lipinski definition) is 0. The fraction of sp³-hybridized carbons (Fsp3) is 0.415. The summed E-state index contributed by atoms with van der Waals surface area (Å²) in [6.07, 6.45) is 7.17. The van der Waals surface area contributed by atoms with Crippen LogP contribution in [0.4, 0.5) is 0 Å². The Labute approximate surface area is 250 Å². The van der Waals surface area contributed by atoms with Crippen LogP contribution in [0.15, 0.2) is 72.8 Å². The summed E-state index contributed by atoms with van der Waals surface area (Å²) in [5.41, 5.74) is 16.9. The molecule has 0 N–H and O–H groups in total. The Bertz CT molecular complexity index is 1410. The molecule has 4 aromatic carbocycles. The third-order valence-corrected chi connectivity index (χ3v) is 9.44. The zero-order valence-electron chi connectivity index (χ0n) is 26.8. The van der Waals surface area contributed by atoms with Crippen LogP contribution in [-0.2, 0) is 18.3 Å². The lowest BCUT2D eigenvalue weighted by Crippen LogP contribution is -2.29. The number of fused-ring (bicyclic) bond motifs is 3. The van der Waals surface area contributed by atoms with Gasteiger partial charge in [0, 0.05) is 0 Å². The van der Waals surface area contributed by atoms with Crippen LogP contribution < -0.4 is 0 Å². The molecule has 0 atom stereocenters. The van der Waals surface area contributed by atoms with Crippen LogP contribution in [0.5, 0.6) is 0 Å². The predicted octanol–water partition coefficient (Wildman–Crippen LogP) is 11.6. The lowest BCUT2D eigenvalue weighted by molar-refractivity contribution is 0.730. The Morgan fingerprint density at radius 1 is 0.537 bits per heavy atom. The molecule has 1 aliphatic carbocycles. The molecule has 0 bridgehead atoms. The maximum Gasteiger partial charge on any atom is 0.0713 e. The first kappa shape index (κ1) is 29.4. The van der Waals surface area contributed by atoms with Crippen molar-refractivity contribution in [2.75, 3.05) is 0 Å². The zero-order chi connectivity index (χ0) is 29.3. The summed E-state index contributed by atoms with van der Waals surface area (Å²) in [6, 6.07) is 29.3. The number of rotatable bonds is 10. The van der Waals surface area contributed by atoms with Gasteiger partial charge in [-0.05, 0) is 107 Å². The fourth-order valence-corrected chi connectivity index (χ4v) is 7.31. The van der Waals surface area contributed by atoms with Crippen molar-refractivity contribution in [3.05, 3.63) is 128 Å². The van der Waals surface area contributed by atoms with Crippen LogP contribution >= 0.6 is 0 Å². The van der Waals surface area contributed by atoms with Gasteiger partial charge in [-0.1, -0.05) is 138 Å². The third-order valence-electron chi connectivity index (χ3n) is 9.44. The molecule has 0 aliphatic heterocycles. The van der Waals surface area contributed by atoms with Crippen molar-refractivity contribution in [1.82, 2.24) is 0 Å². The van der Waals surface area contributed by atoms with Crippen molar-refractivity contribution < 1.29 is 0 Å². The summed E-state index contributed by atoms with van der Waals surface area (Å²) in [5, 5.41) is 0. The zero-order valence-corrected chi connectivity index (χ0v) is 26.8. The van der Waals surface area contributed by atoms with Gasteiger partial charge in [0.25, 0.3) is 0 Å². The smallest absolute Gasteiger partial charge is 0.0654 e. The molecule has 0 radical (unpaired) electrons. The van der Waals surface area contributed by atoms with E-state index >= 15 is 0 Å². The molecule has 5 rings (SSSR count). The van der Waals surface area contributed by atoms with Crippen LogP contribution in [-0.4, -0.2) is 0 Å². The molecule has 41 heavy (non-hydrogen) atoms. The number of benzene rings is 4. The van der Waals surface area contributed by atoms with Crippen molar-refractivity contribution in [3.8, 4) is 11.1 Å². The van der Waals surface area contributed by atoms with Gasteiger partial charge in [0.15, 0.2) is 0 Å². The summed E-state index contributed by atoms with van der Waals surface area (Å²) >= 11 is 0. The van der Waals surface area contributed by atoms with Crippen molar-refractivity contribution in [2.24, 2.45) is 0 Å². The molecule has 0 aromatic heterocycles. The highest BCUT2D eigenvalue weighted by Crippen LogP contribution is 2.57. The molecule has 0 heteroatoms. The molecular formula is C41H50. The molecule has 0 amide bonds. The van der Waals surface area contributed by atoms with E-state index in [1.807, 2.05) is 0 Å². The van der Waals surface area contributed by atoms with Crippen LogP contribution in [0.2, 0.25) is 0 Å². The molecule has 1 aliphatic rings. The average Bonchev–Trinajstić information content (AvgIpc) is 3.23. The molecule has 0 saturated carbocycles. The Morgan fingerprint density at radius 2 is 0.951 bits per heavy atom. The molecule has 0 fully saturated rings. The lowest BCUT2D eigenvalue weighted by Gasteiger charge is -2.36. The largest absolute Gasteiger partial charge is 0.0713 e. The molecule has 4 aromatic rings. The molecule has 0 saturated heterocycles. The molecule has 0 spiro atoms. The summed E-state index contributed by atoms with van der Waals surface area (Å²) in [5.74, 6) is 1.04. The van der Waals surface area contributed by atoms with E-state index in [9.17, 15) is 0 Å². The topological polar surface area (TPSA) is 0 Å². The van der Waals surface area contributed by atoms with Gasteiger partial charge in [-0.2, -0.15) is 0 Å². The third kappa shape index (κ3) is 5.20. The van der Waals surface area contributed by atoms with E-state index in [4.69, 9.17) is 0 Å². The minimum Gasteiger partial charge on any atom is -0.0654 e. The Hall–Kier alpha value is -3.12. The van der Waals surface area contributed by atoms with E-state index in [1.165, 1.54) is 92.4 Å². The molecular weight excluding hydrogens is 492 g/mol. The van der Waals surface area contributed by atoms with Gasteiger partial charge in [-0.25, -0.2) is 0 Å². The maximum atomic E-state index is 2.59. The van der Waals surface area contributed by atoms with Crippen LogP contribution in [0.1, 0.15) is 135 Å². The van der Waals surface area contributed by atoms with Gasteiger partial charge >= 0.3 is 0 Å².